The molecule has 0 amide bonds. The molecule has 2 unspecified atom stereocenters. The lowest BCUT2D eigenvalue weighted by molar-refractivity contribution is 0.374. The van der Waals surface area contributed by atoms with E-state index in [1.807, 2.05) is 13.8 Å². The van der Waals surface area contributed by atoms with Crippen LogP contribution in [-0.4, -0.2) is 0 Å². The van der Waals surface area contributed by atoms with E-state index in [4.69, 9.17) is 5.26 Å². The van der Waals surface area contributed by atoms with Crippen LogP contribution >= 0.6 is 0 Å². The Balaban J connectivity index is 0.000000671. The third kappa shape index (κ3) is 4.31. The van der Waals surface area contributed by atoms with E-state index in [2.05, 4.69) is 19.9 Å². The summed E-state index contributed by atoms with van der Waals surface area (Å²) >= 11 is 0. The molecule has 76 valence electrons. The Morgan fingerprint density at radius 3 is 2.38 bits per heavy atom. The van der Waals surface area contributed by atoms with Crippen LogP contribution in [0.15, 0.2) is 0 Å². The second-order valence-electron chi connectivity index (χ2n) is 4.21. The quantitative estimate of drug-likeness (QED) is 0.515. The molecule has 0 aromatic heterocycles. The van der Waals surface area contributed by atoms with Gasteiger partial charge in [0.25, 0.3) is 0 Å². The predicted octanol–water partition coefficient (Wildman–Crippen LogP) is 4.14. The van der Waals surface area contributed by atoms with Crippen molar-refractivity contribution in [3.05, 3.63) is 0 Å². The van der Waals surface area contributed by atoms with Crippen molar-refractivity contribution >= 4 is 0 Å². The molecule has 1 heteroatoms. The average Bonchev–Trinajstić information content (AvgIpc) is 2.33. The second-order valence-corrected chi connectivity index (χ2v) is 4.21. The van der Waals surface area contributed by atoms with Gasteiger partial charge in [-0.2, -0.15) is 5.26 Å². The van der Waals surface area contributed by atoms with E-state index in [1.165, 1.54) is 19.3 Å². The Bertz CT molecular complexity index is 168. The number of nitriles is 1. The van der Waals surface area contributed by atoms with Crippen molar-refractivity contribution in [1.29, 1.82) is 5.26 Å². The van der Waals surface area contributed by atoms with Gasteiger partial charge in [0.15, 0.2) is 0 Å². The van der Waals surface area contributed by atoms with E-state index >= 15 is 0 Å². The van der Waals surface area contributed by atoms with Gasteiger partial charge >= 0.3 is 0 Å². The van der Waals surface area contributed by atoms with Crippen LogP contribution in [0.5, 0.6) is 0 Å². The van der Waals surface area contributed by atoms with Gasteiger partial charge in [0.1, 0.15) is 0 Å². The summed E-state index contributed by atoms with van der Waals surface area (Å²) in [5, 5.41) is 8.91. The molecule has 13 heavy (non-hydrogen) atoms. The van der Waals surface area contributed by atoms with Crippen molar-refractivity contribution in [3.8, 4) is 6.07 Å². The van der Waals surface area contributed by atoms with Crippen molar-refractivity contribution in [2.75, 3.05) is 0 Å². The summed E-state index contributed by atoms with van der Waals surface area (Å²) < 4.78 is 0. The smallest absolute Gasteiger partial charge is 0.0686 e. The second kappa shape index (κ2) is 6.02. The third-order valence-corrected chi connectivity index (χ3v) is 2.88. The summed E-state index contributed by atoms with van der Waals surface area (Å²) in [6, 6.07) is 2.44. The van der Waals surface area contributed by atoms with Crippen LogP contribution in [0.2, 0.25) is 0 Å². The van der Waals surface area contributed by atoms with E-state index in [-0.39, 0.29) is 5.41 Å². The lowest BCUT2D eigenvalue weighted by Gasteiger charge is -2.17. The molecule has 0 radical (unpaired) electrons. The zero-order valence-corrected chi connectivity index (χ0v) is 9.56. The fourth-order valence-corrected chi connectivity index (χ4v) is 1.79. The minimum Gasteiger partial charge on any atom is -0.198 e. The number of rotatable bonds is 0. The molecule has 1 fully saturated rings. The summed E-state index contributed by atoms with van der Waals surface area (Å²) in [5.74, 6) is 0.838. The first-order chi connectivity index (χ1) is 6.16. The van der Waals surface area contributed by atoms with Gasteiger partial charge in [-0.1, -0.05) is 33.6 Å². The first-order valence-corrected chi connectivity index (χ1v) is 5.57. The molecule has 1 saturated carbocycles. The number of hydrogen-bond acceptors (Lipinski definition) is 1. The van der Waals surface area contributed by atoms with E-state index in [9.17, 15) is 0 Å². The molecule has 0 heterocycles. The Morgan fingerprint density at radius 1 is 1.23 bits per heavy atom. The molecule has 0 aromatic carbocycles. The van der Waals surface area contributed by atoms with E-state index < -0.39 is 0 Å². The molecular weight excluding hydrogens is 158 g/mol. The van der Waals surface area contributed by atoms with Gasteiger partial charge in [0, 0.05) is 0 Å². The van der Waals surface area contributed by atoms with Gasteiger partial charge in [-0.15, -0.1) is 0 Å². The van der Waals surface area contributed by atoms with Crippen LogP contribution < -0.4 is 0 Å². The maximum atomic E-state index is 8.91. The highest BCUT2D eigenvalue weighted by molar-refractivity contribution is 4.96. The van der Waals surface area contributed by atoms with Gasteiger partial charge in [-0.25, -0.2) is 0 Å². The summed E-state index contributed by atoms with van der Waals surface area (Å²) in [6.45, 7) is 8.40. The molecule has 0 aromatic rings. The van der Waals surface area contributed by atoms with Crippen LogP contribution in [0.3, 0.4) is 0 Å². The van der Waals surface area contributed by atoms with Crippen LogP contribution in [0.1, 0.15) is 59.8 Å². The van der Waals surface area contributed by atoms with Crippen molar-refractivity contribution in [1.82, 2.24) is 0 Å². The first-order valence-electron chi connectivity index (χ1n) is 5.57. The molecule has 0 N–H and O–H groups in total. The SMILES string of the molecule is CC.CC1CCCC(C)(C#N)CC1. The molecule has 1 nitrogen and oxygen atoms in total. The lowest BCUT2D eigenvalue weighted by Crippen LogP contribution is -2.11. The maximum absolute atomic E-state index is 8.91. The zero-order chi connectivity index (χ0) is 10.3. The molecule has 1 aliphatic rings. The van der Waals surface area contributed by atoms with Crippen LogP contribution in [-0.2, 0) is 0 Å². The largest absolute Gasteiger partial charge is 0.198 e. The Labute approximate surface area is 83.1 Å². The monoisotopic (exact) mass is 181 g/mol. The Kier molecular flexibility index (Phi) is 5.79. The number of hydrogen-bond donors (Lipinski definition) is 0. The average molecular weight is 181 g/mol. The molecule has 0 aliphatic heterocycles. The van der Waals surface area contributed by atoms with E-state index in [0.717, 1.165) is 18.8 Å². The van der Waals surface area contributed by atoms with Crippen molar-refractivity contribution in [3.63, 3.8) is 0 Å². The lowest BCUT2D eigenvalue weighted by atomic mass is 9.84. The summed E-state index contributed by atoms with van der Waals surface area (Å²) in [5.41, 5.74) is -0.00917. The first kappa shape index (κ1) is 12.5. The van der Waals surface area contributed by atoms with Gasteiger partial charge in [0.2, 0.25) is 0 Å². The summed E-state index contributed by atoms with van der Waals surface area (Å²) in [4.78, 5) is 0. The highest BCUT2D eigenvalue weighted by Gasteiger charge is 2.26. The van der Waals surface area contributed by atoms with E-state index in [0.29, 0.717) is 0 Å². The molecule has 1 rings (SSSR count). The Hall–Kier alpha value is -0.510. The van der Waals surface area contributed by atoms with Gasteiger partial charge in [-0.05, 0) is 32.1 Å². The molecule has 0 spiro atoms. The minimum absolute atomic E-state index is 0.00917. The Morgan fingerprint density at radius 2 is 1.85 bits per heavy atom. The summed E-state index contributed by atoms with van der Waals surface area (Å²) in [6.07, 6.45) is 6.01. The van der Waals surface area contributed by atoms with Gasteiger partial charge < -0.3 is 0 Å². The highest BCUT2D eigenvalue weighted by atomic mass is 14.4. The molecular formula is C12H23N. The van der Waals surface area contributed by atoms with Crippen molar-refractivity contribution in [2.24, 2.45) is 11.3 Å². The van der Waals surface area contributed by atoms with Crippen LogP contribution in [0.25, 0.3) is 0 Å². The standard InChI is InChI=1S/C10H17N.C2H6/c1-9-4-3-6-10(2,8-11)7-5-9;1-2/h9H,3-7H2,1-2H3;1-2H3. The fourth-order valence-electron chi connectivity index (χ4n) is 1.79. The molecule has 1 aliphatic carbocycles. The minimum atomic E-state index is -0.00917. The van der Waals surface area contributed by atoms with Crippen LogP contribution in [0.4, 0.5) is 0 Å². The normalized spacial score (nSPS) is 33.6. The molecule has 0 bridgehead atoms. The topological polar surface area (TPSA) is 23.8 Å². The van der Waals surface area contributed by atoms with E-state index in [1.54, 1.807) is 0 Å². The maximum Gasteiger partial charge on any atom is 0.0686 e. The summed E-state index contributed by atoms with van der Waals surface area (Å²) in [7, 11) is 0. The molecule has 0 saturated heterocycles. The zero-order valence-electron chi connectivity index (χ0n) is 9.56. The van der Waals surface area contributed by atoms with Gasteiger partial charge in [-0.3, -0.25) is 0 Å². The third-order valence-electron chi connectivity index (χ3n) is 2.88. The van der Waals surface area contributed by atoms with Crippen molar-refractivity contribution in [2.45, 2.75) is 59.8 Å². The predicted molar refractivity (Wildman–Crippen MR) is 57.3 cm³/mol. The molecule has 2 atom stereocenters. The van der Waals surface area contributed by atoms with Gasteiger partial charge in [0.05, 0.1) is 11.5 Å². The number of nitrogens with zero attached hydrogens (tertiary/aromatic N) is 1. The fraction of sp³-hybridized carbons (Fsp3) is 0.917. The highest BCUT2D eigenvalue weighted by Crippen LogP contribution is 2.35. The van der Waals surface area contributed by atoms with Crippen molar-refractivity contribution < 1.29 is 0 Å². The van der Waals surface area contributed by atoms with Crippen LogP contribution in [0, 0.1) is 22.7 Å².